The van der Waals surface area contributed by atoms with Gasteiger partial charge in [0, 0.05) is 45.5 Å². The van der Waals surface area contributed by atoms with Crippen LogP contribution in [0.2, 0.25) is 0 Å². The van der Waals surface area contributed by atoms with E-state index in [1.807, 2.05) is 31.3 Å². The normalized spacial score (nSPS) is 14.3. The molecule has 0 radical (unpaired) electrons. The highest BCUT2D eigenvalue weighted by Gasteiger charge is 2.19. The average Bonchev–Trinajstić information content (AvgIpc) is 2.75. The highest BCUT2D eigenvalue weighted by Crippen LogP contribution is 2.20. The van der Waals surface area contributed by atoms with E-state index in [0.717, 1.165) is 50.2 Å². The number of ether oxygens (including phenoxy) is 2. The fourth-order valence-corrected chi connectivity index (χ4v) is 3.23. The predicted molar refractivity (Wildman–Crippen MR) is 125 cm³/mol. The predicted octanol–water partition coefficient (Wildman–Crippen LogP) is 3.22. The van der Waals surface area contributed by atoms with Gasteiger partial charge in [-0.05, 0) is 42.0 Å². The number of nitrogens with one attached hydrogen (secondary N) is 1. The first-order chi connectivity index (χ1) is 13.2. The maximum atomic E-state index is 5.24. The Bertz CT molecular complexity index is 742. The number of methoxy groups -OCH3 is 2. The lowest BCUT2D eigenvalue weighted by molar-refractivity contribution is 0.372. The highest BCUT2D eigenvalue weighted by molar-refractivity contribution is 14.0. The number of aliphatic imine (C=N–C) groups is 1. The van der Waals surface area contributed by atoms with Crippen LogP contribution in [0.1, 0.15) is 5.56 Å². The molecule has 0 spiro atoms. The van der Waals surface area contributed by atoms with Crippen molar-refractivity contribution in [2.75, 3.05) is 52.3 Å². The number of guanidine groups is 1. The molecular weight excluding hydrogens is 467 g/mol. The van der Waals surface area contributed by atoms with Crippen molar-refractivity contribution in [3.8, 4) is 11.5 Å². The minimum atomic E-state index is 0. The third kappa shape index (κ3) is 5.67. The van der Waals surface area contributed by atoms with Gasteiger partial charge in [0.15, 0.2) is 5.96 Å². The molecule has 1 aliphatic heterocycles. The largest absolute Gasteiger partial charge is 0.497 e. The number of anilines is 1. The first-order valence-corrected chi connectivity index (χ1v) is 9.21. The second kappa shape index (κ2) is 11.0. The zero-order valence-electron chi connectivity index (χ0n) is 16.7. The Morgan fingerprint density at radius 3 is 1.93 bits per heavy atom. The minimum absolute atomic E-state index is 0. The Morgan fingerprint density at radius 2 is 1.43 bits per heavy atom. The summed E-state index contributed by atoms with van der Waals surface area (Å²) in [6.45, 7) is 4.56. The molecule has 1 fully saturated rings. The molecule has 0 saturated carbocycles. The van der Waals surface area contributed by atoms with Crippen molar-refractivity contribution >= 4 is 35.6 Å². The molecule has 0 aromatic heterocycles. The third-order valence-electron chi connectivity index (χ3n) is 4.84. The number of halogens is 1. The van der Waals surface area contributed by atoms with Gasteiger partial charge < -0.3 is 24.6 Å². The molecule has 2 aromatic rings. The Balaban J connectivity index is 0.00000280. The van der Waals surface area contributed by atoms with Crippen LogP contribution in [-0.4, -0.2) is 58.3 Å². The molecule has 0 aliphatic carbocycles. The van der Waals surface area contributed by atoms with Gasteiger partial charge in [-0.3, -0.25) is 4.99 Å². The van der Waals surface area contributed by atoms with Crippen molar-refractivity contribution in [2.24, 2.45) is 4.99 Å². The molecule has 28 heavy (non-hydrogen) atoms. The second-order valence-electron chi connectivity index (χ2n) is 6.42. The Morgan fingerprint density at radius 1 is 0.893 bits per heavy atom. The molecule has 0 amide bonds. The van der Waals surface area contributed by atoms with Crippen molar-refractivity contribution in [1.82, 2.24) is 10.2 Å². The summed E-state index contributed by atoms with van der Waals surface area (Å²) >= 11 is 0. The Hall–Kier alpha value is -2.16. The zero-order chi connectivity index (χ0) is 19.1. The summed E-state index contributed by atoms with van der Waals surface area (Å²) in [5.41, 5.74) is 2.44. The summed E-state index contributed by atoms with van der Waals surface area (Å²) in [7, 11) is 5.21. The van der Waals surface area contributed by atoms with E-state index in [2.05, 4.69) is 44.4 Å². The lowest BCUT2D eigenvalue weighted by atomic mass is 10.2. The molecule has 1 saturated heterocycles. The van der Waals surface area contributed by atoms with Gasteiger partial charge in [-0.1, -0.05) is 12.1 Å². The Labute approximate surface area is 184 Å². The van der Waals surface area contributed by atoms with Crippen LogP contribution >= 0.6 is 24.0 Å². The van der Waals surface area contributed by atoms with Gasteiger partial charge >= 0.3 is 0 Å². The second-order valence-corrected chi connectivity index (χ2v) is 6.42. The van der Waals surface area contributed by atoms with Crippen molar-refractivity contribution in [3.63, 3.8) is 0 Å². The number of hydrogen-bond acceptors (Lipinski definition) is 4. The topological polar surface area (TPSA) is 49.3 Å². The van der Waals surface area contributed by atoms with E-state index >= 15 is 0 Å². The molecule has 1 heterocycles. The quantitative estimate of drug-likeness (QED) is 0.392. The molecule has 1 aliphatic rings. The number of benzene rings is 2. The third-order valence-corrected chi connectivity index (χ3v) is 4.84. The first kappa shape index (κ1) is 22.1. The van der Waals surface area contributed by atoms with Crippen molar-refractivity contribution in [1.29, 1.82) is 0 Å². The lowest BCUT2D eigenvalue weighted by Gasteiger charge is -2.37. The minimum Gasteiger partial charge on any atom is -0.497 e. The molecule has 1 N–H and O–H groups in total. The zero-order valence-corrected chi connectivity index (χ0v) is 19.1. The molecular formula is C21H29IN4O2. The van der Waals surface area contributed by atoms with E-state index in [1.165, 1.54) is 11.3 Å². The smallest absolute Gasteiger partial charge is 0.194 e. The van der Waals surface area contributed by atoms with Crippen molar-refractivity contribution < 1.29 is 9.47 Å². The van der Waals surface area contributed by atoms with Crippen molar-refractivity contribution in [2.45, 2.75) is 6.54 Å². The van der Waals surface area contributed by atoms with Crippen LogP contribution in [0, 0.1) is 0 Å². The van der Waals surface area contributed by atoms with Crippen LogP contribution in [0.4, 0.5) is 5.69 Å². The standard InChI is InChI=1S/C21H28N4O2.HI/c1-22-21(23-16-17-4-8-19(26-2)9-5-17)25-14-12-24(13-15-25)18-6-10-20(27-3)11-7-18;/h4-11H,12-16H2,1-3H3,(H,22,23);1H. The molecule has 6 nitrogen and oxygen atoms in total. The van der Waals surface area contributed by atoms with Gasteiger partial charge in [0.25, 0.3) is 0 Å². The van der Waals surface area contributed by atoms with Crippen LogP contribution in [-0.2, 0) is 6.54 Å². The molecule has 0 atom stereocenters. The molecule has 7 heteroatoms. The van der Waals surface area contributed by atoms with Gasteiger partial charge in [0.05, 0.1) is 14.2 Å². The maximum absolute atomic E-state index is 5.24. The SMILES string of the molecule is CN=C(NCc1ccc(OC)cc1)N1CCN(c2ccc(OC)cc2)CC1.I. The molecule has 0 bridgehead atoms. The molecule has 2 aromatic carbocycles. The summed E-state index contributed by atoms with van der Waals surface area (Å²) in [5, 5.41) is 3.46. The van der Waals surface area contributed by atoms with E-state index in [9.17, 15) is 0 Å². The van der Waals surface area contributed by atoms with E-state index in [4.69, 9.17) is 9.47 Å². The summed E-state index contributed by atoms with van der Waals surface area (Å²) in [6.07, 6.45) is 0. The van der Waals surface area contributed by atoms with Gasteiger partial charge in [0.2, 0.25) is 0 Å². The lowest BCUT2D eigenvalue weighted by Crippen LogP contribution is -2.52. The van der Waals surface area contributed by atoms with E-state index in [1.54, 1.807) is 14.2 Å². The molecule has 0 unspecified atom stereocenters. The molecule has 152 valence electrons. The fraction of sp³-hybridized carbons (Fsp3) is 0.381. The average molecular weight is 496 g/mol. The number of piperazine rings is 1. The van der Waals surface area contributed by atoms with Gasteiger partial charge in [-0.2, -0.15) is 0 Å². The van der Waals surface area contributed by atoms with Crippen LogP contribution in [0.3, 0.4) is 0 Å². The first-order valence-electron chi connectivity index (χ1n) is 9.21. The fourth-order valence-electron chi connectivity index (χ4n) is 3.23. The van der Waals surface area contributed by atoms with E-state index in [0.29, 0.717) is 0 Å². The monoisotopic (exact) mass is 496 g/mol. The number of nitrogens with zero attached hydrogens (tertiary/aromatic N) is 3. The van der Waals surface area contributed by atoms with E-state index in [-0.39, 0.29) is 24.0 Å². The number of hydrogen-bond donors (Lipinski definition) is 1. The van der Waals surface area contributed by atoms with Gasteiger partial charge in [0.1, 0.15) is 11.5 Å². The number of rotatable bonds is 5. The molecule has 3 rings (SSSR count). The van der Waals surface area contributed by atoms with Crippen molar-refractivity contribution in [3.05, 3.63) is 54.1 Å². The summed E-state index contributed by atoms with van der Waals surface area (Å²) < 4.78 is 10.4. The van der Waals surface area contributed by atoms with Crippen LogP contribution in [0.5, 0.6) is 11.5 Å². The van der Waals surface area contributed by atoms with Crippen LogP contribution in [0.25, 0.3) is 0 Å². The highest BCUT2D eigenvalue weighted by atomic mass is 127. The van der Waals surface area contributed by atoms with Crippen LogP contribution in [0.15, 0.2) is 53.5 Å². The summed E-state index contributed by atoms with van der Waals surface area (Å²) in [4.78, 5) is 9.16. The van der Waals surface area contributed by atoms with E-state index < -0.39 is 0 Å². The summed E-state index contributed by atoms with van der Waals surface area (Å²) in [6, 6.07) is 16.4. The van der Waals surface area contributed by atoms with Crippen LogP contribution < -0.4 is 19.7 Å². The van der Waals surface area contributed by atoms with Gasteiger partial charge in [-0.15, -0.1) is 24.0 Å². The van der Waals surface area contributed by atoms with Gasteiger partial charge in [-0.25, -0.2) is 0 Å². The maximum Gasteiger partial charge on any atom is 0.194 e. The Kier molecular flexibility index (Phi) is 8.69. The summed E-state index contributed by atoms with van der Waals surface area (Å²) in [5.74, 6) is 2.71.